The van der Waals surface area contributed by atoms with Gasteiger partial charge in [-0.3, -0.25) is 0 Å². The van der Waals surface area contributed by atoms with Gasteiger partial charge in [-0.15, -0.1) is 0 Å². The van der Waals surface area contributed by atoms with E-state index in [1.165, 1.54) is 77.0 Å². The van der Waals surface area contributed by atoms with Crippen LogP contribution in [0.25, 0.3) is 0 Å². The Kier molecular flexibility index (Phi) is 6.42. The van der Waals surface area contributed by atoms with Gasteiger partial charge in [-0.2, -0.15) is 0 Å². The van der Waals surface area contributed by atoms with Crippen LogP contribution in [0.5, 0.6) is 0 Å². The number of hydrogen-bond acceptors (Lipinski definition) is 0. The predicted octanol–water partition coefficient (Wildman–Crippen LogP) is 7.43. The third kappa shape index (κ3) is 3.17. The molecule has 0 heteroatoms. The summed E-state index contributed by atoms with van der Waals surface area (Å²) in [6, 6.07) is 0. The highest BCUT2D eigenvalue weighted by Gasteiger charge is 2.30. The van der Waals surface area contributed by atoms with Crippen molar-refractivity contribution in [1.82, 2.24) is 0 Å². The van der Waals surface area contributed by atoms with Crippen molar-refractivity contribution in [2.24, 2.45) is 0 Å². The summed E-state index contributed by atoms with van der Waals surface area (Å²) in [6.07, 6.45) is 15.0. The minimum atomic E-state index is 1.19. The summed E-state index contributed by atoms with van der Waals surface area (Å²) in [5.41, 5.74) is 20.7. The van der Waals surface area contributed by atoms with Crippen molar-refractivity contribution in [3.8, 4) is 0 Å². The third-order valence-electron chi connectivity index (χ3n) is 8.30. The molecule has 0 saturated carbocycles. The Hall–Kier alpha value is -1.56. The van der Waals surface area contributed by atoms with Crippen molar-refractivity contribution in [2.45, 2.75) is 119 Å². The topological polar surface area (TPSA) is 0 Å². The quantitative estimate of drug-likeness (QED) is 0.402. The minimum Gasteiger partial charge on any atom is -0.0613 e. The van der Waals surface area contributed by atoms with Crippen LogP contribution in [0.2, 0.25) is 0 Å². The molecular weight excluding hydrogens is 360 g/mol. The number of fused-ring (bicyclic) bond motifs is 3. The predicted molar refractivity (Wildman–Crippen MR) is 131 cm³/mol. The molecule has 30 heavy (non-hydrogen) atoms. The molecule has 2 aliphatic rings. The van der Waals surface area contributed by atoms with Crippen LogP contribution >= 0.6 is 0 Å². The zero-order chi connectivity index (χ0) is 21.4. The van der Waals surface area contributed by atoms with E-state index < -0.39 is 0 Å². The molecule has 0 heterocycles. The lowest BCUT2D eigenvalue weighted by Crippen LogP contribution is -2.23. The maximum Gasteiger partial charge on any atom is -0.00142 e. The van der Waals surface area contributed by atoms with Crippen molar-refractivity contribution in [3.05, 3.63) is 66.8 Å². The van der Waals surface area contributed by atoms with E-state index in [4.69, 9.17) is 0 Å². The molecule has 2 aliphatic carbocycles. The van der Waals surface area contributed by atoms with Gasteiger partial charge in [0.1, 0.15) is 0 Å². The Morgan fingerprint density at radius 2 is 0.667 bits per heavy atom. The molecule has 0 spiro atoms. The smallest absolute Gasteiger partial charge is 0.00142 e. The van der Waals surface area contributed by atoms with E-state index in [0.717, 1.165) is 0 Å². The molecule has 2 aromatic carbocycles. The van der Waals surface area contributed by atoms with Crippen LogP contribution in [0.1, 0.15) is 121 Å². The second kappa shape index (κ2) is 8.89. The summed E-state index contributed by atoms with van der Waals surface area (Å²) in [6.45, 7) is 14.3. The molecule has 0 radical (unpaired) electrons. The van der Waals surface area contributed by atoms with Gasteiger partial charge < -0.3 is 0 Å². The van der Waals surface area contributed by atoms with Crippen molar-refractivity contribution in [2.75, 3.05) is 0 Å². The Morgan fingerprint density at radius 1 is 0.367 bits per heavy atom. The largest absolute Gasteiger partial charge is 0.0613 e. The van der Waals surface area contributed by atoms with Crippen molar-refractivity contribution < 1.29 is 0 Å². The fourth-order valence-electron chi connectivity index (χ4n) is 7.16. The molecule has 0 aromatic heterocycles. The van der Waals surface area contributed by atoms with Gasteiger partial charge in [0.2, 0.25) is 0 Å². The fourth-order valence-corrected chi connectivity index (χ4v) is 7.16. The summed E-state index contributed by atoms with van der Waals surface area (Å²) in [5, 5.41) is 0. The Balaban J connectivity index is 2.02. The molecule has 0 amide bonds. The van der Waals surface area contributed by atoms with Crippen molar-refractivity contribution in [3.63, 3.8) is 0 Å². The van der Waals surface area contributed by atoms with E-state index in [2.05, 4.69) is 41.5 Å². The van der Waals surface area contributed by atoms with Gasteiger partial charge in [-0.05, 0) is 144 Å². The van der Waals surface area contributed by atoms with E-state index in [1.807, 2.05) is 0 Å². The average molecular weight is 403 g/mol. The molecule has 0 nitrogen and oxygen atoms in total. The van der Waals surface area contributed by atoms with Gasteiger partial charge in [-0.1, -0.05) is 41.5 Å². The molecule has 0 unspecified atom stereocenters. The van der Waals surface area contributed by atoms with Crippen molar-refractivity contribution in [1.29, 1.82) is 0 Å². The van der Waals surface area contributed by atoms with Crippen LogP contribution in [0.4, 0.5) is 0 Å². The molecule has 0 fully saturated rings. The zero-order valence-electron chi connectivity index (χ0n) is 20.5. The summed E-state index contributed by atoms with van der Waals surface area (Å²) >= 11 is 0. The van der Waals surface area contributed by atoms with Gasteiger partial charge >= 0.3 is 0 Å². The molecule has 4 rings (SSSR count). The van der Waals surface area contributed by atoms with E-state index in [9.17, 15) is 0 Å². The first-order valence-corrected chi connectivity index (χ1v) is 13.0. The maximum absolute atomic E-state index is 2.40. The van der Waals surface area contributed by atoms with Crippen LogP contribution in [0.15, 0.2) is 0 Å². The Morgan fingerprint density at radius 3 is 0.967 bits per heavy atom. The second-order valence-electron chi connectivity index (χ2n) is 9.42. The van der Waals surface area contributed by atoms with E-state index in [-0.39, 0.29) is 0 Å². The van der Waals surface area contributed by atoms with Gasteiger partial charge in [0.15, 0.2) is 0 Å². The summed E-state index contributed by atoms with van der Waals surface area (Å²) in [7, 11) is 0. The molecular formula is C30H42. The van der Waals surface area contributed by atoms with Crippen LogP contribution in [0, 0.1) is 0 Å². The lowest BCUT2D eigenvalue weighted by Gasteiger charge is -2.35. The number of hydrogen-bond donors (Lipinski definition) is 0. The molecule has 0 saturated heterocycles. The second-order valence-corrected chi connectivity index (χ2v) is 9.42. The van der Waals surface area contributed by atoms with Crippen molar-refractivity contribution >= 4 is 0 Å². The van der Waals surface area contributed by atoms with Crippen LogP contribution in [-0.4, -0.2) is 0 Å². The lowest BCUT2D eigenvalue weighted by atomic mass is 9.70. The first kappa shape index (κ1) is 21.7. The highest BCUT2D eigenvalue weighted by molar-refractivity contribution is 5.63. The summed E-state index contributed by atoms with van der Waals surface area (Å²) < 4.78 is 0. The highest BCUT2D eigenvalue weighted by atomic mass is 14.3. The van der Waals surface area contributed by atoms with Gasteiger partial charge in [0.25, 0.3) is 0 Å². The first-order chi connectivity index (χ1) is 14.6. The average Bonchev–Trinajstić information content (AvgIpc) is 2.79. The SMILES string of the molecule is CCc1c(CC)c(CC)c2c(c1CC)Cc1c(CC)c3c(c(CC)c1C2)CCCC3. The molecule has 0 aliphatic heterocycles. The standard InChI is InChI=1S/C30H42/c1-7-19-20(8-2)22(10-4)28-18-30-24(12-6)26-16-14-13-15-25(26)23(11-5)29(30)17-27(28)21(19)9-3/h7-18H2,1-6H3. The van der Waals surface area contributed by atoms with Crippen LogP contribution in [-0.2, 0) is 64.2 Å². The van der Waals surface area contributed by atoms with E-state index in [1.54, 1.807) is 66.8 Å². The molecule has 0 atom stereocenters. The zero-order valence-corrected chi connectivity index (χ0v) is 20.5. The molecule has 0 bridgehead atoms. The van der Waals surface area contributed by atoms with E-state index in [0.29, 0.717) is 0 Å². The third-order valence-corrected chi connectivity index (χ3v) is 8.30. The van der Waals surface area contributed by atoms with Crippen LogP contribution in [0.3, 0.4) is 0 Å². The van der Waals surface area contributed by atoms with Gasteiger partial charge in [0, 0.05) is 0 Å². The van der Waals surface area contributed by atoms with Crippen LogP contribution < -0.4 is 0 Å². The van der Waals surface area contributed by atoms with E-state index >= 15 is 0 Å². The molecule has 2 aromatic rings. The minimum absolute atomic E-state index is 1.19. The normalized spacial score (nSPS) is 15.0. The fraction of sp³-hybridized carbons (Fsp3) is 0.600. The number of benzene rings is 2. The molecule has 162 valence electrons. The first-order valence-electron chi connectivity index (χ1n) is 13.0. The monoisotopic (exact) mass is 402 g/mol. The summed E-state index contributed by atoms with van der Waals surface area (Å²) in [5.74, 6) is 0. The molecule has 0 N–H and O–H groups in total. The Bertz CT molecular complexity index is 820. The van der Waals surface area contributed by atoms with Gasteiger partial charge in [-0.25, -0.2) is 0 Å². The lowest BCUT2D eigenvalue weighted by molar-refractivity contribution is 0.666. The highest BCUT2D eigenvalue weighted by Crippen LogP contribution is 2.43. The number of rotatable bonds is 6. The maximum atomic E-state index is 2.40. The Labute approximate surface area is 185 Å². The summed E-state index contributed by atoms with van der Waals surface area (Å²) in [4.78, 5) is 0. The van der Waals surface area contributed by atoms with Gasteiger partial charge in [0.05, 0.1) is 0 Å².